The van der Waals surface area contributed by atoms with Crippen LogP contribution in [0.4, 0.5) is 0 Å². The van der Waals surface area contributed by atoms with E-state index in [1.807, 2.05) is 16.9 Å². The molecule has 0 aliphatic rings. The van der Waals surface area contributed by atoms with Crippen molar-refractivity contribution >= 4 is 0 Å². The van der Waals surface area contributed by atoms with Crippen molar-refractivity contribution in [2.24, 2.45) is 5.73 Å². The minimum atomic E-state index is 0.692. The molecule has 0 fully saturated rings. The van der Waals surface area contributed by atoms with Crippen LogP contribution in [0.2, 0.25) is 0 Å². The average Bonchev–Trinajstić information content (AvgIpc) is 2.93. The Balaban J connectivity index is 2.23. The highest BCUT2D eigenvalue weighted by Gasteiger charge is 2.06. The van der Waals surface area contributed by atoms with E-state index in [9.17, 15) is 0 Å². The molecular weight excluding hydrogens is 238 g/mol. The molecule has 2 aromatic rings. The predicted octanol–water partition coefficient (Wildman–Crippen LogP) is 2.47. The monoisotopic (exact) mass is 259 g/mol. The number of rotatable bonds is 6. The Morgan fingerprint density at radius 2 is 2.16 bits per heavy atom. The molecule has 1 aromatic heterocycles. The van der Waals surface area contributed by atoms with Crippen molar-refractivity contribution in [1.82, 2.24) is 9.78 Å². The van der Waals surface area contributed by atoms with Crippen molar-refractivity contribution in [1.29, 1.82) is 0 Å². The summed E-state index contributed by atoms with van der Waals surface area (Å²) in [6.07, 6.45) is 5.87. The fourth-order valence-electron chi connectivity index (χ4n) is 2.12. The summed E-state index contributed by atoms with van der Waals surface area (Å²) in [5.41, 5.74) is 9.04. The summed E-state index contributed by atoms with van der Waals surface area (Å²) in [5.74, 6) is 0.946. The summed E-state index contributed by atoms with van der Waals surface area (Å²) >= 11 is 0. The zero-order valence-electron chi connectivity index (χ0n) is 11.6. The van der Waals surface area contributed by atoms with Crippen LogP contribution in [0.3, 0.4) is 0 Å². The minimum Gasteiger partial charge on any atom is -0.496 e. The summed E-state index contributed by atoms with van der Waals surface area (Å²) in [4.78, 5) is 0. The van der Waals surface area contributed by atoms with Gasteiger partial charge in [-0.15, -0.1) is 0 Å². The van der Waals surface area contributed by atoms with Gasteiger partial charge in [0, 0.05) is 18.3 Å². The highest BCUT2D eigenvalue weighted by atomic mass is 16.5. The molecule has 0 radical (unpaired) electrons. The standard InChI is InChI=1S/C15H21N3O/c1-3-12-9-13(5-6-15(12)19-2)14-10-17-18(11-14)8-4-7-16/h5-6,9-11H,3-4,7-8,16H2,1-2H3. The molecule has 0 amide bonds. The predicted molar refractivity (Wildman–Crippen MR) is 77.3 cm³/mol. The smallest absolute Gasteiger partial charge is 0.122 e. The Labute approximate surface area is 114 Å². The largest absolute Gasteiger partial charge is 0.496 e. The summed E-state index contributed by atoms with van der Waals surface area (Å²) in [5, 5.41) is 4.36. The Kier molecular flexibility index (Phi) is 4.58. The third kappa shape index (κ3) is 3.15. The number of benzene rings is 1. The van der Waals surface area contributed by atoms with Crippen LogP contribution in [0.5, 0.6) is 5.75 Å². The molecule has 19 heavy (non-hydrogen) atoms. The number of aryl methyl sites for hydroxylation is 2. The lowest BCUT2D eigenvalue weighted by Crippen LogP contribution is -2.05. The summed E-state index contributed by atoms with van der Waals surface area (Å²) in [6, 6.07) is 6.26. The number of methoxy groups -OCH3 is 1. The molecule has 2 rings (SSSR count). The van der Waals surface area contributed by atoms with Crippen LogP contribution < -0.4 is 10.5 Å². The van der Waals surface area contributed by atoms with Crippen LogP contribution in [0.1, 0.15) is 18.9 Å². The molecule has 0 atom stereocenters. The van der Waals surface area contributed by atoms with Gasteiger partial charge in [-0.2, -0.15) is 5.10 Å². The van der Waals surface area contributed by atoms with Crippen LogP contribution in [-0.2, 0) is 13.0 Å². The van der Waals surface area contributed by atoms with Gasteiger partial charge in [0.25, 0.3) is 0 Å². The molecule has 0 aliphatic carbocycles. The molecule has 2 N–H and O–H groups in total. The van der Waals surface area contributed by atoms with E-state index in [1.54, 1.807) is 7.11 Å². The van der Waals surface area contributed by atoms with Crippen LogP contribution in [0, 0.1) is 0 Å². The van der Waals surface area contributed by atoms with Crippen LogP contribution >= 0.6 is 0 Å². The van der Waals surface area contributed by atoms with E-state index in [0.717, 1.165) is 30.7 Å². The summed E-state index contributed by atoms with van der Waals surface area (Å²) in [7, 11) is 1.71. The van der Waals surface area contributed by atoms with Gasteiger partial charge in [-0.1, -0.05) is 13.0 Å². The fraction of sp³-hybridized carbons (Fsp3) is 0.400. The Hall–Kier alpha value is -1.81. The number of ether oxygens (including phenoxy) is 1. The fourth-order valence-corrected chi connectivity index (χ4v) is 2.12. The molecule has 0 spiro atoms. The first kappa shape index (κ1) is 13.6. The van der Waals surface area contributed by atoms with E-state index in [4.69, 9.17) is 10.5 Å². The quantitative estimate of drug-likeness (QED) is 0.867. The molecular formula is C15H21N3O. The maximum absolute atomic E-state index is 5.51. The van der Waals surface area contributed by atoms with Gasteiger partial charge in [0.1, 0.15) is 5.75 Å². The summed E-state index contributed by atoms with van der Waals surface area (Å²) < 4.78 is 7.29. The van der Waals surface area contributed by atoms with Crippen molar-refractivity contribution in [3.63, 3.8) is 0 Å². The second kappa shape index (κ2) is 6.38. The van der Waals surface area contributed by atoms with E-state index in [0.29, 0.717) is 6.54 Å². The molecule has 0 bridgehead atoms. The maximum Gasteiger partial charge on any atom is 0.122 e. The molecule has 1 heterocycles. The zero-order valence-corrected chi connectivity index (χ0v) is 11.6. The molecule has 4 nitrogen and oxygen atoms in total. The Morgan fingerprint density at radius 1 is 1.32 bits per heavy atom. The number of hydrogen-bond donors (Lipinski definition) is 1. The normalized spacial score (nSPS) is 10.7. The average molecular weight is 259 g/mol. The van der Waals surface area contributed by atoms with Crippen molar-refractivity contribution in [2.45, 2.75) is 26.3 Å². The van der Waals surface area contributed by atoms with Gasteiger partial charge in [0.15, 0.2) is 0 Å². The second-order valence-electron chi connectivity index (χ2n) is 4.51. The molecule has 0 unspecified atom stereocenters. The second-order valence-corrected chi connectivity index (χ2v) is 4.51. The van der Waals surface area contributed by atoms with Crippen molar-refractivity contribution in [2.75, 3.05) is 13.7 Å². The van der Waals surface area contributed by atoms with Crippen LogP contribution in [-0.4, -0.2) is 23.4 Å². The number of aromatic nitrogens is 2. The summed E-state index contributed by atoms with van der Waals surface area (Å²) in [6.45, 7) is 3.69. The van der Waals surface area contributed by atoms with Gasteiger partial charge in [0.05, 0.1) is 13.3 Å². The van der Waals surface area contributed by atoms with Gasteiger partial charge in [0.2, 0.25) is 0 Å². The number of nitrogens with two attached hydrogens (primary N) is 1. The third-order valence-electron chi connectivity index (χ3n) is 3.22. The van der Waals surface area contributed by atoms with Crippen molar-refractivity contribution in [3.8, 4) is 16.9 Å². The van der Waals surface area contributed by atoms with Crippen molar-refractivity contribution < 1.29 is 4.74 Å². The molecule has 1 aromatic carbocycles. The van der Waals surface area contributed by atoms with Gasteiger partial charge < -0.3 is 10.5 Å². The first-order valence-electron chi connectivity index (χ1n) is 6.68. The molecule has 102 valence electrons. The van der Waals surface area contributed by atoms with Crippen molar-refractivity contribution in [3.05, 3.63) is 36.2 Å². The van der Waals surface area contributed by atoms with E-state index >= 15 is 0 Å². The lowest BCUT2D eigenvalue weighted by atomic mass is 10.0. The van der Waals surface area contributed by atoms with Gasteiger partial charge >= 0.3 is 0 Å². The minimum absolute atomic E-state index is 0.692. The van der Waals surface area contributed by atoms with Gasteiger partial charge in [-0.3, -0.25) is 4.68 Å². The van der Waals surface area contributed by atoms with E-state index in [1.165, 1.54) is 11.1 Å². The van der Waals surface area contributed by atoms with Gasteiger partial charge in [-0.25, -0.2) is 0 Å². The maximum atomic E-state index is 5.51. The van der Waals surface area contributed by atoms with E-state index in [2.05, 4.69) is 30.4 Å². The van der Waals surface area contributed by atoms with E-state index < -0.39 is 0 Å². The molecule has 4 heteroatoms. The first-order chi connectivity index (χ1) is 9.28. The third-order valence-corrected chi connectivity index (χ3v) is 3.22. The number of nitrogens with zero attached hydrogens (tertiary/aromatic N) is 2. The van der Waals surface area contributed by atoms with Gasteiger partial charge in [-0.05, 0) is 42.6 Å². The highest BCUT2D eigenvalue weighted by Crippen LogP contribution is 2.26. The van der Waals surface area contributed by atoms with E-state index in [-0.39, 0.29) is 0 Å². The molecule has 0 saturated carbocycles. The Morgan fingerprint density at radius 3 is 2.84 bits per heavy atom. The van der Waals surface area contributed by atoms with Crippen LogP contribution in [0.25, 0.3) is 11.1 Å². The zero-order chi connectivity index (χ0) is 13.7. The topological polar surface area (TPSA) is 53.1 Å². The lowest BCUT2D eigenvalue weighted by Gasteiger charge is -2.08. The number of hydrogen-bond acceptors (Lipinski definition) is 3. The highest BCUT2D eigenvalue weighted by molar-refractivity contribution is 5.64. The Bertz CT molecular complexity index is 534. The van der Waals surface area contributed by atoms with Crippen LogP contribution in [0.15, 0.2) is 30.6 Å². The SMILES string of the molecule is CCc1cc(-c2cnn(CCCN)c2)ccc1OC. The molecule has 0 aliphatic heterocycles. The molecule has 0 saturated heterocycles. The lowest BCUT2D eigenvalue weighted by molar-refractivity contribution is 0.410. The first-order valence-corrected chi connectivity index (χ1v) is 6.68.